The summed E-state index contributed by atoms with van der Waals surface area (Å²) in [5, 5.41) is 3.40. The Labute approximate surface area is 159 Å². The van der Waals surface area contributed by atoms with Crippen LogP contribution >= 0.6 is 0 Å². The Kier molecular flexibility index (Phi) is 4.29. The predicted molar refractivity (Wildman–Crippen MR) is 106 cm³/mol. The number of Topliss-reactive ketones (excluding diaryl/α,β-unsaturated/α-hetero) is 1. The molecule has 0 aromatic heterocycles. The van der Waals surface area contributed by atoms with Crippen molar-refractivity contribution in [1.29, 1.82) is 0 Å². The van der Waals surface area contributed by atoms with Crippen LogP contribution in [0.3, 0.4) is 0 Å². The molecule has 1 fully saturated rings. The van der Waals surface area contributed by atoms with E-state index in [1.54, 1.807) is 0 Å². The maximum Gasteiger partial charge on any atom is 0.163 e. The first kappa shape index (κ1) is 16.7. The zero-order valence-electron chi connectivity index (χ0n) is 15.5. The number of ether oxygens (including phenoxy) is 1. The second-order valence-electron chi connectivity index (χ2n) is 7.80. The Hall–Kier alpha value is -2.46. The van der Waals surface area contributed by atoms with Crippen LogP contribution in [0.5, 0.6) is 5.75 Å². The third kappa shape index (κ3) is 3.19. The second kappa shape index (κ2) is 6.93. The van der Waals surface area contributed by atoms with Crippen LogP contribution < -0.4 is 10.1 Å². The van der Waals surface area contributed by atoms with E-state index in [0.717, 1.165) is 60.7 Å². The summed E-state index contributed by atoms with van der Waals surface area (Å²) in [4.78, 5) is 17.6. The van der Waals surface area contributed by atoms with Crippen molar-refractivity contribution in [2.75, 3.05) is 19.7 Å². The molecule has 0 radical (unpaired) electrons. The molecule has 0 spiro atoms. The first-order valence-electron chi connectivity index (χ1n) is 9.96. The van der Waals surface area contributed by atoms with Crippen LogP contribution in [0.1, 0.15) is 51.9 Å². The van der Waals surface area contributed by atoms with Gasteiger partial charge < -0.3 is 10.1 Å². The van der Waals surface area contributed by atoms with Gasteiger partial charge in [0.1, 0.15) is 5.75 Å². The maximum atomic E-state index is 12.8. The smallest absolute Gasteiger partial charge is 0.163 e. The number of carbonyl (C=O) groups excluding carboxylic acids is 1. The summed E-state index contributed by atoms with van der Waals surface area (Å²) in [6, 6.07) is 12.4. The van der Waals surface area contributed by atoms with E-state index in [1.807, 2.05) is 12.1 Å². The van der Waals surface area contributed by atoms with Gasteiger partial charge in [-0.1, -0.05) is 12.1 Å². The van der Waals surface area contributed by atoms with E-state index in [4.69, 9.17) is 9.73 Å². The number of piperidine rings is 1. The molecule has 5 rings (SSSR count). The van der Waals surface area contributed by atoms with Crippen molar-refractivity contribution in [3.05, 3.63) is 64.2 Å². The van der Waals surface area contributed by atoms with Gasteiger partial charge in [-0.3, -0.25) is 9.79 Å². The summed E-state index contributed by atoms with van der Waals surface area (Å²) in [6.07, 6.45) is 3.90. The second-order valence-corrected chi connectivity index (χ2v) is 7.80. The molecule has 1 N–H and O–H groups in total. The Balaban J connectivity index is 1.40. The van der Waals surface area contributed by atoms with E-state index in [0.29, 0.717) is 18.9 Å². The number of benzene rings is 2. The van der Waals surface area contributed by atoms with E-state index < -0.39 is 0 Å². The van der Waals surface area contributed by atoms with Gasteiger partial charge in [0.2, 0.25) is 0 Å². The number of carbonyl (C=O) groups is 1. The van der Waals surface area contributed by atoms with E-state index in [9.17, 15) is 4.79 Å². The Morgan fingerprint density at radius 3 is 3.04 bits per heavy atom. The number of fused-ring (bicyclic) bond motifs is 2. The fraction of sp³-hybridized carbons (Fsp3) is 0.391. The first-order valence-corrected chi connectivity index (χ1v) is 9.96. The zero-order chi connectivity index (χ0) is 18.2. The van der Waals surface area contributed by atoms with Crippen molar-refractivity contribution < 1.29 is 9.53 Å². The van der Waals surface area contributed by atoms with Crippen LogP contribution in [-0.4, -0.2) is 31.2 Å². The van der Waals surface area contributed by atoms with Gasteiger partial charge in [0.05, 0.1) is 18.9 Å². The Morgan fingerprint density at radius 1 is 1.19 bits per heavy atom. The molecule has 138 valence electrons. The van der Waals surface area contributed by atoms with Crippen LogP contribution in [0, 0.1) is 5.92 Å². The van der Waals surface area contributed by atoms with Gasteiger partial charge in [0.15, 0.2) is 5.78 Å². The molecule has 0 unspecified atom stereocenters. The lowest BCUT2D eigenvalue weighted by Crippen LogP contribution is -2.31. The van der Waals surface area contributed by atoms with E-state index in [-0.39, 0.29) is 5.78 Å². The standard InChI is InChI=1S/C23H24N2O2/c26-21(10-15-2-1-8-24-13-15)16-3-4-19-14-25-23(20(19)12-16)18-5-6-22-17(11-18)7-9-27-22/h3-6,11-12,15,24H,1-2,7-10,13-14H2/t15-/m0/s1. The molecule has 0 aliphatic carbocycles. The molecule has 4 heteroatoms. The minimum Gasteiger partial charge on any atom is -0.493 e. The van der Waals surface area contributed by atoms with Crippen molar-refractivity contribution in [3.63, 3.8) is 0 Å². The molecule has 3 heterocycles. The molecule has 2 aromatic rings. The number of ketones is 1. The van der Waals surface area contributed by atoms with E-state index in [2.05, 4.69) is 29.6 Å². The zero-order valence-corrected chi connectivity index (χ0v) is 15.5. The Morgan fingerprint density at radius 2 is 2.15 bits per heavy atom. The normalized spacial score (nSPS) is 20.6. The minimum atomic E-state index is 0.250. The number of nitrogens with zero attached hydrogens (tertiary/aromatic N) is 1. The topological polar surface area (TPSA) is 50.7 Å². The van der Waals surface area contributed by atoms with Crippen molar-refractivity contribution in [3.8, 4) is 5.75 Å². The molecule has 0 bridgehead atoms. The predicted octanol–water partition coefficient (Wildman–Crippen LogP) is 3.54. The summed E-state index contributed by atoms with van der Waals surface area (Å²) in [5.74, 6) is 1.70. The number of hydrogen-bond donors (Lipinski definition) is 1. The van der Waals surface area contributed by atoms with Crippen molar-refractivity contribution in [2.24, 2.45) is 10.9 Å². The molecule has 1 atom stereocenters. The van der Waals surface area contributed by atoms with Crippen LogP contribution in [0.4, 0.5) is 0 Å². The summed E-state index contributed by atoms with van der Waals surface area (Å²) >= 11 is 0. The van der Waals surface area contributed by atoms with Gasteiger partial charge in [-0.25, -0.2) is 0 Å². The fourth-order valence-electron chi connectivity index (χ4n) is 4.42. The third-order valence-corrected chi connectivity index (χ3v) is 5.93. The quantitative estimate of drug-likeness (QED) is 0.849. The van der Waals surface area contributed by atoms with Gasteiger partial charge in [-0.2, -0.15) is 0 Å². The summed E-state index contributed by atoms with van der Waals surface area (Å²) in [6.45, 7) is 3.49. The largest absolute Gasteiger partial charge is 0.493 e. The number of nitrogens with one attached hydrogen (secondary N) is 1. The summed E-state index contributed by atoms with van der Waals surface area (Å²) in [7, 11) is 0. The lowest BCUT2D eigenvalue weighted by Gasteiger charge is -2.22. The van der Waals surface area contributed by atoms with Crippen LogP contribution in [0.15, 0.2) is 41.4 Å². The van der Waals surface area contributed by atoms with Crippen LogP contribution in [0.25, 0.3) is 0 Å². The molecule has 4 nitrogen and oxygen atoms in total. The van der Waals surface area contributed by atoms with Gasteiger partial charge in [-0.15, -0.1) is 0 Å². The van der Waals surface area contributed by atoms with Crippen LogP contribution in [0.2, 0.25) is 0 Å². The van der Waals surface area contributed by atoms with E-state index >= 15 is 0 Å². The lowest BCUT2D eigenvalue weighted by atomic mass is 9.90. The molecule has 1 saturated heterocycles. The molecular weight excluding hydrogens is 336 g/mol. The number of aliphatic imine (C=N–C) groups is 1. The monoisotopic (exact) mass is 360 g/mol. The maximum absolute atomic E-state index is 12.8. The molecule has 3 aliphatic heterocycles. The summed E-state index contributed by atoms with van der Waals surface area (Å²) in [5.41, 5.74) is 6.52. The number of rotatable bonds is 4. The lowest BCUT2D eigenvalue weighted by molar-refractivity contribution is 0.0954. The number of hydrogen-bond acceptors (Lipinski definition) is 4. The molecular formula is C23H24N2O2. The van der Waals surface area contributed by atoms with Crippen LogP contribution in [-0.2, 0) is 13.0 Å². The highest BCUT2D eigenvalue weighted by Gasteiger charge is 2.23. The van der Waals surface area contributed by atoms with Crippen molar-refractivity contribution in [1.82, 2.24) is 5.32 Å². The van der Waals surface area contributed by atoms with Crippen molar-refractivity contribution in [2.45, 2.75) is 32.2 Å². The highest BCUT2D eigenvalue weighted by Crippen LogP contribution is 2.30. The molecule has 0 saturated carbocycles. The average molecular weight is 360 g/mol. The fourth-order valence-corrected chi connectivity index (χ4v) is 4.42. The minimum absolute atomic E-state index is 0.250. The molecule has 3 aliphatic rings. The highest BCUT2D eigenvalue weighted by atomic mass is 16.5. The first-order chi connectivity index (χ1) is 13.3. The van der Waals surface area contributed by atoms with Crippen molar-refractivity contribution >= 4 is 11.5 Å². The SMILES string of the molecule is O=C(C[C@@H]1CCCNC1)c1ccc2c(c1)C(c1ccc3c(c1)CCO3)=NC2. The highest BCUT2D eigenvalue weighted by molar-refractivity contribution is 6.16. The van der Waals surface area contributed by atoms with Gasteiger partial charge >= 0.3 is 0 Å². The average Bonchev–Trinajstić information content (AvgIpc) is 3.34. The molecule has 2 aromatic carbocycles. The summed E-state index contributed by atoms with van der Waals surface area (Å²) < 4.78 is 5.62. The third-order valence-electron chi connectivity index (χ3n) is 5.93. The van der Waals surface area contributed by atoms with Gasteiger partial charge in [-0.05, 0) is 67.2 Å². The molecule has 27 heavy (non-hydrogen) atoms. The van der Waals surface area contributed by atoms with Gasteiger partial charge in [0, 0.05) is 29.5 Å². The van der Waals surface area contributed by atoms with Gasteiger partial charge in [0.25, 0.3) is 0 Å². The van der Waals surface area contributed by atoms with E-state index in [1.165, 1.54) is 17.5 Å². The molecule has 0 amide bonds. The Bertz CT molecular complexity index is 926.